The molecule has 3 rings (SSSR count). The van der Waals surface area contributed by atoms with Gasteiger partial charge in [0.1, 0.15) is 23.7 Å². The summed E-state index contributed by atoms with van der Waals surface area (Å²) in [7, 11) is 0. The van der Waals surface area contributed by atoms with Crippen LogP contribution in [0.15, 0.2) is 48.5 Å². The van der Waals surface area contributed by atoms with E-state index in [0.717, 1.165) is 42.0 Å². The zero-order valence-corrected chi connectivity index (χ0v) is 16.7. The molecular formula is C23H29NO3. The molecule has 4 heteroatoms. The van der Waals surface area contributed by atoms with Crippen LogP contribution in [-0.4, -0.2) is 35.6 Å². The molecule has 1 aliphatic heterocycles. The van der Waals surface area contributed by atoms with Crippen LogP contribution in [0, 0.1) is 6.92 Å². The Hall–Kier alpha value is -2.49. The van der Waals surface area contributed by atoms with Crippen molar-refractivity contribution in [3.05, 3.63) is 59.7 Å². The minimum atomic E-state index is -0.219. The second-order valence-electron chi connectivity index (χ2n) is 8.16. The SMILES string of the molecule is Cc1ccc(C(=O)N2CCCC2COc2ccc(OC(C)(C)C)cc2)cc1. The molecule has 0 saturated carbocycles. The molecule has 27 heavy (non-hydrogen) atoms. The zero-order chi connectivity index (χ0) is 19.4. The molecule has 4 nitrogen and oxygen atoms in total. The number of carbonyl (C=O) groups is 1. The second kappa shape index (κ2) is 8.03. The summed E-state index contributed by atoms with van der Waals surface area (Å²) in [6, 6.07) is 15.6. The molecule has 1 amide bonds. The maximum atomic E-state index is 12.8. The lowest BCUT2D eigenvalue weighted by Crippen LogP contribution is -2.39. The van der Waals surface area contributed by atoms with Crippen LogP contribution in [0.4, 0.5) is 0 Å². The Morgan fingerprint density at radius 1 is 1.04 bits per heavy atom. The standard InChI is InChI=1S/C23H29NO3/c1-17-7-9-18(10-8-17)22(25)24-15-5-6-19(24)16-26-20-11-13-21(14-12-20)27-23(2,3)4/h7-14,19H,5-6,15-16H2,1-4H3. The molecule has 1 saturated heterocycles. The topological polar surface area (TPSA) is 38.8 Å². The molecule has 0 spiro atoms. The third-order valence-electron chi connectivity index (χ3n) is 4.63. The first-order chi connectivity index (χ1) is 12.8. The minimum absolute atomic E-state index is 0.0926. The van der Waals surface area contributed by atoms with Gasteiger partial charge in [0.15, 0.2) is 0 Å². The molecule has 0 aromatic heterocycles. The number of rotatable bonds is 5. The average Bonchev–Trinajstić information content (AvgIpc) is 3.08. The second-order valence-corrected chi connectivity index (χ2v) is 8.16. The van der Waals surface area contributed by atoms with Crippen molar-refractivity contribution in [3.8, 4) is 11.5 Å². The van der Waals surface area contributed by atoms with E-state index in [-0.39, 0.29) is 17.6 Å². The van der Waals surface area contributed by atoms with Gasteiger partial charge in [-0.25, -0.2) is 0 Å². The lowest BCUT2D eigenvalue weighted by Gasteiger charge is -2.25. The number of hydrogen-bond donors (Lipinski definition) is 0. The van der Waals surface area contributed by atoms with Crippen molar-refractivity contribution in [1.29, 1.82) is 0 Å². The quantitative estimate of drug-likeness (QED) is 0.758. The summed E-state index contributed by atoms with van der Waals surface area (Å²) >= 11 is 0. The van der Waals surface area contributed by atoms with Crippen molar-refractivity contribution in [2.24, 2.45) is 0 Å². The van der Waals surface area contributed by atoms with Crippen LogP contribution in [0.25, 0.3) is 0 Å². The highest BCUT2D eigenvalue weighted by atomic mass is 16.5. The van der Waals surface area contributed by atoms with E-state index in [1.165, 1.54) is 0 Å². The third-order valence-corrected chi connectivity index (χ3v) is 4.63. The Labute approximate surface area is 162 Å². The van der Waals surface area contributed by atoms with Crippen LogP contribution in [0.3, 0.4) is 0 Å². The predicted octanol–water partition coefficient (Wildman–Crippen LogP) is 4.86. The summed E-state index contributed by atoms with van der Waals surface area (Å²) in [4.78, 5) is 14.8. The lowest BCUT2D eigenvalue weighted by molar-refractivity contribution is 0.0691. The van der Waals surface area contributed by atoms with E-state index in [2.05, 4.69) is 0 Å². The number of hydrogen-bond acceptors (Lipinski definition) is 3. The Balaban J connectivity index is 1.58. The summed E-state index contributed by atoms with van der Waals surface area (Å²) in [5.41, 5.74) is 1.69. The Morgan fingerprint density at radius 2 is 1.67 bits per heavy atom. The fraction of sp³-hybridized carbons (Fsp3) is 0.435. The van der Waals surface area contributed by atoms with E-state index in [9.17, 15) is 4.79 Å². The van der Waals surface area contributed by atoms with Crippen molar-refractivity contribution in [2.45, 2.75) is 52.2 Å². The summed E-state index contributed by atoms with van der Waals surface area (Å²) in [5, 5.41) is 0. The van der Waals surface area contributed by atoms with E-state index >= 15 is 0 Å². The Morgan fingerprint density at radius 3 is 2.30 bits per heavy atom. The molecule has 0 radical (unpaired) electrons. The highest BCUT2D eigenvalue weighted by molar-refractivity contribution is 5.94. The molecule has 144 valence electrons. The maximum Gasteiger partial charge on any atom is 0.254 e. The molecular weight excluding hydrogens is 338 g/mol. The van der Waals surface area contributed by atoms with Gasteiger partial charge in [-0.05, 0) is 76.9 Å². The monoisotopic (exact) mass is 367 g/mol. The molecule has 2 aromatic rings. The summed E-state index contributed by atoms with van der Waals surface area (Å²) in [5.74, 6) is 1.72. The van der Waals surface area contributed by atoms with Crippen molar-refractivity contribution in [3.63, 3.8) is 0 Å². The van der Waals surface area contributed by atoms with Crippen LogP contribution in [0.1, 0.15) is 49.5 Å². The van der Waals surface area contributed by atoms with Crippen LogP contribution in [0.5, 0.6) is 11.5 Å². The smallest absolute Gasteiger partial charge is 0.254 e. The third kappa shape index (κ3) is 5.25. The van der Waals surface area contributed by atoms with Gasteiger partial charge in [0, 0.05) is 12.1 Å². The van der Waals surface area contributed by atoms with Crippen LogP contribution < -0.4 is 9.47 Å². The van der Waals surface area contributed by atoms with Crippen molar-refractivity contribution in [2.75, 3.05) is 13.2 Å². The zero-order valence-electron chi connectivity index (χ0n) is 16.7. The number of carbonyl (C=O) groups excluding carboxylic acids is 1. The molecule has 0 aliphatic carbocycles. The van der Waals surface area contributed by atoms with Crippen LogP contribution in [0.2, 0.25) is 0 Å². The molecule has 1 atom stereocenters. The number of nitrogens with zero attached hydrogens (tertiary/aromatic N) is 1. The number of amides is 1. The first-order valence-corrected chi connectivity index (χ1v) is 9.61. The van der Waals surface area contributed by atoms with Gasteiger partial charge in [0.05, 0.1) is 6.04 Å². The molecule has 1 unspecified atom stereocenters. The minimum Gasteiger partial charge on any atom is -0.491 e. The highest BCUT2D eigenvalue weighted by Gasteiger charge is 2.29. The van der Waals surface area contributed by atoms with Gasteiger partial charge >= 0.3 is 0 Å². The molecule has 1 fully saturated rings. The van der Waals surface area contributed by atoms with Gasteiger partial charge in [-0.1, -0.05) is 17.7 Å². The van der Waals surface area contributed by atoms with Gasteiger partial charge in [-0.15, -0.1) is 0 Å². The number of benzene rings is 2. The van der Waals surface area contributed by atoms with E-state index < -0.39 is 0 Å². The molecule has 1 heterocycles. The number of ether oxygens (including phenoxy) is 2. The predicted molar refractivity (Wildman–Crippen MR) is 108 cm³/mol. The Bertz CT molecular complexity index is 760. The van der Waals surface area contributed by atoms with Gasteiger partial charge in [0.25, 0.3) is 5.91 Å². The van der Waals surface area contributed by atoms with Crippen LogP contribution >= 0.6 is 0 Å². The van der Waals surface area contributed by atoms with Crippen LogP contribution in [-0.2, 0) is 0 Å². The summed E-state index contributed by atoms with van der Waals surface area (Å²) in [6.45, 7) is 9.40. The maximum absolute atomic E-state index is 12.8. The molecule has 0 N–H and O–H groups in total. The average molecular weight is 367 g/mol. The first-order valence-electron chi connectivity index (χ1n) is 9.61. The van der Waals surface area contributed by atoms with Gasteiger partial charge < -0.3 is 14.4 Å². The first kappa shape index (κ1) is 19.3. The molecule has 1 aliphatic rings. The fourth-order valence-corrected chi connectivity index (χ4v) is 3.29. The van der Waals surface area contributed by atoms with Crippen molar-refractivity contribution >= 4 is 5.91 Å². The van der Waals surface area contributed by atoms with Gasteiger partial charge in [-0.3, -0.25) is 4.79 Å². The summed E-state index contributed by atoms with van der Waals surface area (Å²) in [6.07, 6.45) is 1.99. The Kier molecular flexibility index (Phi) is 5.73. The lowest BCUT2D eigenvalue weighted by atomic mass is 10.1. The molecule has 2 aromatic carbocycles. The van der Waals surface area contributed by atoms with E-state index in [0.29, 0.717) is 6.61 Å². The fourth-order valence-electron chi connectivity index (χ4n) is 3.29. The largest absolute Gasteiger partial charge is 0.491 e. The van der Waals surface area contributed by atoms with Crippen molar-refractivity contribution < 1.29 is 14.3 Å². The highest BCUT2D eigenvalue weighted by Crippen LogP contribution is 2.24. The van der Waals surface area contributed by atoms with E-state index in [1.54, 1.807) is 0 Å². The number of likely N-dealkylation sites (tertiary alicyclic amines) is 1. The van der Waals surface area contributed by atoms with Crippen molar-refractivity contribution in [1.82, 2.24) is 4.90 Å². The summed E-state index contributed by atoms with van der Waals surface area (Å²) < 4.78 is 11.8. The van der Waals surface area contributed by atoms with Gasteiger partial charge in [0.2, 0.25) is 0 Å². The normalized spacial score (nSPS) is 17.0. The molecule has 0 bridgehead atoms. The number of aryl methyl sites for hydroxylation is 1. The van der Waals surface area contributed by atoms with Gasteiger partial charge in [-0.2, -0.15) is 0 Å². The van der Waals surface area contributed by atoms with E-state index in [4.69, 9.17) is 9.47 Å². The van der Waals surface area contributed by atoms with E-state index in [1.807, 2.05) is 81.1 Å².